The fraction of sp³-hybridized carbons (Fsp3) is 0.346. The van der Waals surface area contributed by atoms with E-state index in [0.29, 0.717) is 38.9 Å². The van der Waals surface area contributed by atoms with Crippen LogP contribution >= 0.6 is 22.7 Å². The Kier molecular flexibility index (Phi) is 13.0. The van der Waals surface area contributed by atoms with Gasteiger partial charge in [0.15, 0.2) is 0 Å². The van der Waals surface area contributed by atoms with Crippen LogP contribution in [0.2, 0.25) is 0 Å². The zero-order chi connectivity index (χ0) is 42.6. The highest BCUT2D eigenvalue weighted by Crippen LogP contribution is 2.43. The Hall–Kier alpha value is -5.18. The number of phenols is 2. The smallest absolute Gasteiger partial charge is 0.126 e. The van der Waals surface area contributed by atoms with Gasteiger partial charge in [-0.15, -0.1) is 22.7 Å². The molecule has 2 heterocycles. The van der Waals surface area contributed by atoms with E-state index in [4.69, 9.17) is 19.5 Å². The van der Waals surface area contributed by atoms with Gasteiger partial charge in [-0.2, -0.15) is 0 Å². The summed E-state index contributed by atoms with van der Waals surface area (Å²) in [6, 6.07) is 25.2. The lowest BCUT2D eigenvalue weighted by Gasteiger charge is -2.26. The van der Waals surface area contributed by atoms with Gasteiger partial charge in [-0.3, -0.25) is 9.98 Å². The Labute approximate surface area is 364 Å². The number of fused-ring (bicyclic) bond motifs is 8. The van der Waals surface area contributed by atoms with Gasteiger partial charge in [0, 0.05) is 70.1 Å². The molecular weight excluding hydrogens is 781 g/mol. The SMILES string of the molecule is CCCOc1c2cc(C(C)(C)C)cc1Cc1cc(N=Cc3cccs3)cc(c1O)Cc1cc(C(C)(C)C)cc(c1OCCC)Cc1cc(N=Cc3cccs3)cc(c1O)C2. The Morgan fingerprint density at radius 1 is 0.533 bits per heavy atom. The third-order valence-electron chi connectivity index (χ3n) is 10.9. The van der Waals surface area contributed by atoms with E-state index in [9.17, 15) is 10.2 Å². The second-order valence-electron chi connectivity index (χ2n) is 17.9. The number of thiophene rings is 2. The van der Waals surface area contributed by atoms with E-state index in [2.05, 4.69) is 91.8 Å². The van der Waals surface area contributed by atoms with Crippen LogP contribution in [0.15, 0.2) is 93.5 Å². The Balaban J connectivity index is 1.53. The summed E-state index contributed by atoms with van der Waals surface area (Å²) in [5.74, 6) is 2.08. The average molecular weight is 839 g/mol. The number of hydrogen-bond acceptors (Lipinski definition) is 8. The number of phenolic OH excluding ortho intramolecular Hbond substituents is 2. The van der Waals surface area contributed by atoms with E-state index in [1.54, 1.807) is 22.7 Å². The van der Waals surface area contributed by atoms with Gasteiger partial charge < -0.3 is 19.7 Å². The van der Waals surface area contributed by atoms with Crippen molar-refractivity contribution in [2.75, 3.05) is 13.2 Å². The number of aliphatic imine (C=N–C) groups is 2. The van der Waals surface area contributed by atoms with Crippen LogP contribution in [0.25, 0.3) is 0 Å². The maximum atomic E-state index is 12.4. The standard InChI is InChI=1S/C52H58N2O4S2/c1-9-15-57-49-37-19-33-27-43(53-31-45-13-11-17-59-45)29-35(47(33)55)21-39-25-42(52(6,7)8)26-40(50(39)58-16-10-2)22-36-30-44(54-32-46-14-12-18-60-46)28-34(48(36)56)20-38(49)24-41(23-37)51(3,4)5/h11-14,17-18,23-32,55-56H,9-10,15-16,19-22H2,1-8H3. The van der Waals surface area contributed by atoms with Gasteiger partial charge in [-0.25, -0.2) is 0 Å². The van der Waals surface area contributed by atoms with Gasteiger partial charge in [0.05, 0.1) is 24.6 Å². The van der Waals surface area contributed by atoms with Crippen molar-refractivity contribution >= 4 is 46.5 Å². The molecule has 1 aliphatic rings. The number of ether oxygens (including phenoxy) is 2. The fourth-order valence-electron chi connectivity index (χ4n) is 7.68. The third-order valence-corrected chi connectivity index (χ3v) is 12.5. The highest BCUT2D eigenvalue weighted by Gasteiger charge is 2.26. The summed E-state index contributed by atoms with van der Waals surface area (Å²) >= 11 is 3.28. The molecule has 0 amide bonds. The maximum absolute atomic E-state index is 12.4. The minimum atomic E-state index is -0.184. The highest BCUT2D eigenvalue weighted by molar-refractivity contribution is 7.12. The normalized spacial score (nSPS) is 13.3. The zero-order valence-electron chi connectivity index (χ0n) is 36.3. The molecule has 0 aliphatic heterocycles. The van der Waals surface area contributed by atoms with Crippen LogP contribution in [0.1, 0.15) is 134 Å². The molecule has 0 radical (unpaired) electrons. The van der Waals surface area contributed by atoms with Crippen molar-refractivity contribution < 1.29 is 19.7 Å². The number of benzene rings is 4. The minimum Gasteiger partial charge on any atom is -0.507 e. The van der Waals surface area contributed by atoms with E-state index in [-0.39, 0.29) is 22.3 Å². The Morgan fingerprint density at radius 3 is 1.13 bits per heavy atom. The second kappa shape index (κ2) is 18.2. The molecule has 60 heavy (non-hydrogen) atoms. The van der Waals surface area contributed by atoms with E-state index >= 15 is 0 Å². The van der Waals surface area contributed by atoms with Crippen molar-refractivity contribution in [1.29, 1.82) is 0 Å². The van der Waals surface area contributed by atoms with Crippen LogP contribution in [0.4, 0.5) is 11.4 Å². The molecule has 0 saturated carbocycles. The van der Waals surface area contributed by atoms with Gasteiger partial charge in [-0.1, -0.05) is 91.8 Å². The first-order chi connectivity index (χ1) is 28.7. The van der Waals surface area contributed by atoms with Gasteiger partial charge in [0.2, 0.25) is 0 Å². The molecule has 8 heteroatoms. The quantitative estimate of drug-likeness (QED) is 0.134. The molecule has 7 rings (SSSR count). The molecule has 6 nitrogen and oxygen atoms in total. The molecule has 6 aromatic rings. The molecule has 2 aromatic heterocycles. The number of aromatic hydroxyl groups is 2. The molecule has 2 N–H and O–H groups in total. The second-order valence-corrected chi connectivity index (χ2v) is 19.9. The predicted octanol–water partition coefficient (Wildman–Crippen LogP) is 13.6. The summed E-state index contributed by atoms with van der Waals surface area (Å²) in [7, 11) is 0. The Morgan fingerprint density at radius 2 is 0.867 bits per heavy atom. The van der Waals surface area contributed by atoms with Crippen molar-refractivity contribution in [1.82, 2.24) is 0 Å². The van der Waals surface area contributed by atoms with Crippen LogP contribution in [0, 0.1) is 0 Å². The summed E-state index contributed by atoms with van der Waals surface area (Å²) in [6.45, 7) is 18.6. The van der Waals surface area contributed by atoms with Crippen LogP contribution in [-0.2, 0) is 36.5 Å². The lowest BCUT2D eigenvalue weighted by Crippen LogP contribution is -2.15. The fourth-order valence-corrected chi connectivity index (χ4v) is 8.85. The van der Waals surface area contributed by atoms with Crippen molar-refractivity contribution in [3.63, 3.8) is 0 Å². The zero-order valence-corrected chi connectivity index (χ0v) is 37.9. The summed E-state index contributed by atoms with van der Waals surface area (Å²) < 4.78 is 13.4. The average Bonchev–Trinajstić information content (AvgIpc) is 3.93. The monoisotopic (exact) mass is 838 g/mol. The molecule has 0 fully saturated rings. The predicted molar refractivity (Wildman–Crippen MR) is 252 cm³/mol. The summed E-state index contributed by atoms with van der Waals surface area (Å²) in [6.07, 6.45) is 7.16. The topological polar surface area (TPSA) is 83.6 Å². The van der Waals surface area contributed by atoms with Gasteiger partial charge >= 0.3 is 0 Å². The molecule has 0 atom stereocenters. The van der Waals surface area contributed by atoms with Crippen molar-refractivity contribution in [2.45, 2.75) is 105 Å². The first-order valence-corrected chi connectivity index (χ1v) is 22.9. The van der Waals surface area contributed by atoms with Gasteiger partial charge in [-0.05, 0) is 104 Å². The summed E-state index contributed by atoms with van der Waals surface area (Å²) in [5, 5.41) is 28.9. The first-order valence-electron chi connectivity index (χ1n) is 21.1. The lowest BCUT2D eigenvalue weighted by molar-refractivity contribution is 0.311. The van der Waals surface area contributed by atoms with Crippen LogP contribution in [0.5, 0.6) is 23.0 Å². The molecule has 0 unspecified atom stereocenters. The molecule has 312 valence electrons. The first kappa shape index (κ1) is 42.9. The van der Waals surface area contributed by atoms with E-state index in [1.165, 1.54) is 0 Å². The summed E-state index contributed by atoms with van der Waals surface area (Å²) in [5.41, 5.74) is 10.5. The van der Waals surface area contributed by atoms with Crippen LogP contribution in [0.3, 0.4) is 0 Å². The molecule has 0 spiro atoms. The molecule has 4 aromatic carbocycles. The number of rotatable bonds is 10. The molecular formula is C52H58N2O4S2. The minimum absolute atomic E-state index is 0.184. The number of hydrogen-bond donors (Lipinski definition) is 2. The van der Waals surface area contributed by atoms with Gasteiger partial charge in [0.25, 0.3) is 0 Å². The summed E-state index contributed by atoms with van der Waals surface area (Å²) in [4.78, 5) is 12.1. The maximum Gasteiger partial charge on any atom is 0.126 e. The largest absolute Gasteiger partial charge is 0.507 e. The van der Waals surface area contributed by atoms with Crippen LogP contribution < -0.4 is 9.47 Å². The van der Waals surface area contributed by atoms with Crippen LogP contribution in [-0.4, -0.2) is 35.9 Å². The highest BCUT2D eigenvalue weighted by atomic mass is 32.1. The molecule has 1 aliphatic carbocycles. The van der Waals surface area contributed by atoms with E-state index in [0.717, 1.165) is 101 Å². The van der Waals surface area contributed by atoms with E-state index < -0.39 is 0 Å². The van der Waals surface area contributed by atoms with Crippen molar-refractivity contribution in [3.05, 3.63) is 149 Å². The Bertz CT molecular complexity index is 2230. The molecule has 8 bridgehead atoms. The lowest BCUT2D eigenvalue weighted by atomic mass is 9.81. The number of nitrogens with zero attached hydrogens (tertiary/aromatic N) is 2. The third kappa shape index (κ3) is 10.0. The van der Waals surface area contributed by atoms with Crippen molar-refractivity contribution in [3.8, 4) is 23.0 Å². The molecule has 0 saturated heterocycles. The van der Waals surface area contributed by atoms with E-state index in [1.807, 2.05) is 59.6 Å². The van der Waals surface area contributed by atoms with Gasteiger partial charge in [0.1, 0.15) is 23.0 Å². The van der Waals surface area contributed by atoms with Crippen molar-refractivity contribution in [2.24, 2.45) is 9.98 Å².